The molecule has 0 saturated heterocycles. The van der Waals surface area contributed by atoms with E-state index in [1.165, 1.54) is 23.1 Å². The van der Waals surface area contributed by atoms with E-state index in [1.54, 1.807) is 0 Å². The number of nitrogens with one attached hydrogen (secondary N) is 1. The van der Waals surface area contributed by atoms with Crippen LogP contribution in [0.15, 0.2) is 29.1 Å². The maximum Gasteiger partial charge on any atom is 0.267 e. The van der Waals surface area contributed by atoms with Gasteiger partial charge in [-0.2, -0.15) is 5.10 Å². The molecule has 3 nitrogen and oxygen atoms in total. The topological polar surface area (TPSA) is 45.8 Å². The molecule has 20 heavy (non-hydrogen) atoms. The van der Waals surface area contributed by atoms with Crippen molar-refractivity contribution in [1.29, 1.82) is 0 Å². The van der Waals surface area contributed by atoms with Gasteiger partial charge in [-0.1, -0.05) is 31.2 Å². The Morgan fingerprint density at radius 1 is 1.15 bits per heavy atom. The standard InChI is InChI=1S/C17H20N2O/c1-2-12-6-5-7-13(10-12)11-16-14-8-3-4-9-15(14)17(20)19-18-16/h5-7,10H,2-4,8-9,11H2,1H3,(H,19,20). The van der Waals surface area contributed by atoms with Gasteiger partial charge in [0.25, 0.3) is 5.56 Å². The van der Waals surface area contributed by atoms with Crippen molar-refractivity contribution in [2.45, 2.75) is 45.4 Å². The highest BCUT2D eigenvalue weighted by Crippen LogP contribution is 2.22. The van der Waals surface area contributed by atoms with E-state index in [1.807, 2.05) is 0 Å². The maximum absolute atomic E-state index is 11.9. The third-order valence-corrected chi connectivity index (χ3v) is 4.15. The second-order valence-corrected chi connectivity index (χ2v) is 5.51. The number of aromatic nitrogens is 2. The van der Waals surface area contributed by atoms with Gasteiger partial charge in [0.05, 0.1) is 5.69 Å². The summed E-state index contributed by atoms with van der Waals surface area (Å²) >= 11 is 0. The predicted octanol–water partition coefficient (Wildman–Crippen LogP) is 2.80. The molecule has 0 spiro atoms. The zero-order chi connectivity index (χ0) is 13.9. The lowest BCUT2D eigenvalue weighted by Crippen LogP contribution is -2.23. The van der Waals surface area contributed by atoms with E-state index in [0.717, 1.165) is 43.4 Å². The first kappa shape index (κ1) is 13.1. The third-order valence-electron chi connectivity index (χ3n) is 4.15. The van der Waals surface area contributed by atoms with Gasteiger partial charge in [-0.3, -0.25) is 4.79 Å². The Kier molecular flexibility index (Phi) is 3.68. The monoisotopic (exact) mass is 268 g/mol. The van der Waals surface area contributed by atoms with Crippen LogP contribution in [0.25, 0.3) is 0 Å². The zero-order valence-corrected chi connectivity index (χ0v) is 11.9. The second kappa shape index (κ2) is 5.61. The summed E-state index contributed by atoms with van der Waals surface area (Å²) in [5.41, 5.74) is 5.84. The average molecular weight is 268 g/mol. The molecule has 3 rings (SSSR count). The van der Waals surface area contributed by atoms with Gasteiger partial charge >= 0.3 is 0 Å². The van der Waals surface area contributed by atoms with Crippen LogP contribution in [0.3, 0.4) is 0 Å². The Morgan fingerprint density at radius 3 is 2.70 bits per heavy atom. The van der Waals surface area contributed by atoms with Crippen molar-refractivity contribution < 1.29 is 0 Å². The fourth-order valence-corrected chi connectivity index (χ4v) is 3.03. The smallest absolute Gasteiger partial charge is 0.267 e. The van der Waals surface area contributed by atoms with E-state index in [-0.39, 0.29) is 5.56 Å². The minimum Gasteiger partial charge on any atom is -0.268 e. The lowest BCUT2D eigenvalue weighted by atomic mass is 9.90. The molecule has 0 bridgehead atoms. The molecule has 1 aliphatic carbocycles. The van der Waals surface area contributed by atoms with Crippen LogP contribution in [0.5, 0.6) is 0 Å². The van der Waals surface area contributed by atoms with Crippen molar-refractivity contribution in [2.24, 2.45) is 0 Å². The van der Waals surface area contributed by atoms with Crippen LogP contribution >= 0.6 is 0 Å². The number of benzene rings is 1. The van der Waals surface area contributed by atoms with Crippen LogP contribution in [0, 0.1) is 0 Å². The second-order valence-electron chi connectivity index (χ2n) is 5.51. The maximum atomic E-state index is 11.9. The molecule has 3 heteroatoms. The molecule has 1 aliphatic rings. The highest BCUT2D eigenvalue weighted by Gasteiger charge is 2.17. The normalized spacial score (nSPS) is 14.1. The first-order valence-electron chi connectivity index (χ1n) is 7.45. The van der Waals surface area contributed by atoms with Gasteiger partial charge in [0.1, 0.15) is 0 Å². The highest BCUT2D eigenvalue weighted by molar-refractivity contribution is 5.35. The quantitative estimate of drug-likeness (QED) is 0.930. The minimum atomic E-state index is 0.00533. The first-order chi connectivity index (χ1) is 9.78. The molecule has 1 heterocycles. The molecule has 0 aliphatic heterocycles. The Labute approximate surface area is 119 Å². The van der Waals surface area contributed by atoms with Crippen LogP contribution < -0.4 is 5.56 Å². The van der Waals surface area contributed by atoms with E-state index in [9.17, 15) is 4.79 Å². The summed E-state index contributed by atoms with van der Waals surface area (Å²) in [6.45, 7) is 2.17. The highest BCUT2D eigenvalue weighted by atomic mass is 16.1. The Balaban J connectivity index is 1.96. The first-order valence-corrected chi connectivity index (χ1v) is 7.45. The molecule has 1 aromatic carbocycles. The summed E-state index contributed by atoms with van der Waals surface area (Å²) < 4.78 is 0. The van der Waals surface area contributed by atoms with Gasteiger partial charge in [-0.25, -0.2) is 5.10 Å². The van der Waals surface area contributed by atoms with Crippen molar-refractivity contribution in [3.05, 3.63) is 62.6 Å². The van der Waals surface area contributed by atoms with Crippen LogP contribution in [0.1, 0.15) is 47.7 Å². The lowest BCUT2D eigenvalue weighted by molar-refractivity contribution is 0.655. The van der Waals surface area contributed by atoms with Crippen molar-refractivity contribution in [3.8, 4) is 0 Å². The van der Waals surface area contributed by atoms with Gasteiger partial charge in [0, 0.05) is 12.0 Å². The van der Waals surface area contributed by atoms with E-state index in [0.29, 0.717) is 0 Å². The fraction of sp³-hybridized carbons (Fsp3) is 0.412. The van der Waals surface area contributed by atoms with Crippen molar-refractivity contribution >= 4 is 0 Å². The molecule has 0 saturated carbocycles. The summed E-state index contributed by atoms with van der Waals surface area (Å²) in [7, 11) is 0. The fourth-order valence-electron chi connectivity index (χ4n) is 3.03. The molecule has 0 unspecified atom stereocenters. The van der Waals surface area contributed by atoms with Crippen LogP contribution in [0.2, 0.25) is 0 Å². The number of fused-ring (bicyclic) bond motifs is 1. The number of nitrogens with zero attached hydrogens (tertiary/aromatic N) is 1. The summed E-state index contributed by atoms with van der Waals surface area (Å²) in [4.78, 5) is 11.9. The average Bonchev–Trinajstić information content (AvgIpc) is 2.51. The number of rotatable bonds is 3. The van der Waals surface area contributed by atoms with Crippen LogP contribution in [-0.4, -0.2) is 10.2 Å². The molecule has 0 radical (unpaired) electrons. The SMILES string of the molecule is CCc1cccc(Cc2n[nH]c(=O)c3c2CCCC3)c1. The van der Waals surface area contributed by atoms with E-state index in [2.05, 4.69) is 41.4 Å². The van der Waals surface area contributed by atoms with E-state index < -0.39 is 0 Å². The van der Waals surface area contributed by atoms with Crippen molar-refractivity contribution in [3.63, 3.8) is 0 Å². The van der Waals surface area contributed by atoms with Gasteiger partial charge in [0.15, 0.2) is 0 Å². The van der Waals surface area contributed by atoms with Gasteiger partial charge in [0.2, 0.25) is 0 Å². The van der Waals surface area contributed by atoms with Gasteiger partial charge < -0.3 is 0 Å². The minimum absolute atomic E-state index is 0.00533. The molecule has 0 atom stereocenters. The molecule has 1 N–H and O–H groups in total. The van der Waals surface area contributed by atoms with Crippen molar-refractivity contribution in [1.82, 2.24) is 10.2 Å². The third kappa shape index (κ3) is 2.53. The molecular weight excluding hydrogens is 248 g/mol. The summed E-state index contributed by atoms with van der Waals surface area (Å²) in [5, 5.41) is 6.98. The van der Waals surface area contributed by atoms with E-state index >= 15 is 0 Å². The van der Waals surface area contributed by atoms with E-state index in [4.69, 9.17) is 0 Å². The lowest BCUT2D eigenvalue weighted by Gasteiger charge is -2.17. The number of hydrogen-bond donors (Lipinski definition) is 1. The number of H-pyrrole nitrogens is 1. The summed E-state index contributed by atoms with van der Waals surface area (Å²) in [6.07, 6.45) is 6.03. The van der Waals surface area contributed by atoms with Gasteiger partial charge in [-0.05, 0) is 48.8 Å². The number of hydrogen-bond acceptors (Lipinski definition) is 2. The summed E-state index contributed by atoms with van der Waals surface area (Å²) in [5.74, 6) is 0. The number of aromatic amines is 1. The Bertz CT molecular complexity index is 673. The molecule has 0 amide bonds. The molecule has 2 aromatic rings. The largest absolute Gasteiger partial charge is 0.268 e. The van der Waals surface area contributed by atoms with Crippen LogP contribution in [-0.2, 0) is 25.7 Å². The molecule has 1 aromatic heterocycles. The van der Waals surface area contributed by atoms with Crippen molar-refractivity contribution in [2.75, 3.05) is 0 Å². The zero-order valence-electron chi connectivity index (χ0n) is 11.9. The summed E-state index contributed by atoms with van der Waals surface area (Å²) in [6, 6.07) is 8.63. The number of aryl methyl sites for hydroxylation is 1. The Hall–Kier alpha value is -1.90. The predicted molar refractivity (Wildman–Crippen MR) is 80.1 cm³/mol. The van der Waals surface area contributed by atoms with Gasteiger partial charge in [-0.15, -0.1) is 0 Å². The Morgan fingerprint density at radius 2 is 1.90 bits per heavy atom. The van der Waals surface area contributed by atoms with Crippen LogP contribution in [0.4, 0.5) is 0 Å². The molecule has 0 fully saturated rings. The molecular formula is C17H20N2O. The molecule has 104 valence electrons.